The van der Waals surface area contributed by atoms with Gasteiger partial charge in [-0.3, -0.25) is 0 Å². The first-order valence-corrected chi connectivity index (χ1v) is 7.54. The maximum absolute atomic E-state index is 11.0. The zero-order valence-corrected chi connectivity index (χ0v) is 11.8. The van der Waals surface area contributed by atoms with E-state index in [2.05, 4.69) is 45.0 Å². The van der Waals surface area contributed by atoms with Crippen molar-refractivity contribution in [1.82, 2.24) is 0 Å². The van der Waals surface area contributed by atoms with Crippen molar-refractivity contribution in [1.29, 1.82) is 0 Å². The summed E-state index contributed by atoms with van der Waals surface area (Å²) in [7, 11) is 0. The van der Waals surface area contributed by atoms with E-state index in [4.69, 9.17) is 0 Å². The molecule has 1 unspecified atom stereocenters. The average molecular weight is 250 g/mol. The Bertz CT molecular complexity index is 382. The first-order chi connectivity index (χ1) is 7.99. The largest absolute Gasteiger partial charge is 0.384 e. The Morgan fingerprint density at radius 2 is 1.88 bits per heavy atom. The van der Waals surface area contributed by atoms with Gasteiger partial charge in [0.25, 0.3) is 0 Å². The van der Waals surface area contributed by atoms with Gasteiger partial charge in [-0.1, -0.05) is 45.0 Å². The third-order valence-electron chi connectivity index (χ3n) is 4.14. The SMILES string of the molecule is CCc1ccc(C2(O)CSCCC2(C)C)cc1. The number of benzene rings is 1. The molecular formula is C15H22OS. The van der Waals surface area contributed by atoms with Gasteiger partial charge in [0.05, 0.1) is 0 Å². The van der Waals surface area contributed by atoms with Crippen molar-refractivity contribution in [3.05, 3.63) is 35.4 Å². The molecule has 94 valence electrons. The summed E-state index contributed by atoms with van der Waals surface area (Å²) < 4.78 is 0. The molecule has 1 atom stereocenters. The van der Waals surface area contributed by atoms with Crippen LogP contribution in [0, 0.1) is 5.41 Å². The molecule has 1 aromatic carbocycles. The van der Waals surface area contributed by atoms with Gasteiger partial charge in [0.15, 0.2) is 0 Å². The molecule has 2 heteroatoms. The van der Waals surface area contributed by atoms with Crippen LogP contribution in [-0.4, -0.2) is 16.6 Å². The molecule has 1 fully saturated rings. The van der Waals surface area contributed by atoms with Gasteiger partial charge in [-0.25, -0.2) is 0 Å². The summed E-state index contributed by atoms with van der Waals surface area (Å²) >= 11 is 1.86. The predicted molar refractivity (Wildman–Crippen MR) is 75.4 cm³/mol. The molecule has 0 aromatic heterocycles. The number of hydrogen-bond acceptors (Lipinski definition) is 2. The van der Waals surface area contributed by atoms with Crippen molar-refractivity contribution in [3.8, 4) is 0 Å². The molecule has 1 aliphatic rings. The minimum absolute atomic E-state index is 0.0357. The maximum atomic E-state index is 11.0. The molecule has 0 spiro atoms. The fourth-order valence-electron chi connectivity index (χ4n) is 2.44. The lowest BCUT2D eigenvalue weighted by Crippen LogP contribution is -2.47. The Hall–Kier alpha value is -0.470. The molecule has 1 aromatic rings. The summed E-state index contributed by atoms with van der Waals surface area (Å²) in [6, 6.07) is 8.49. The minimum atomic E-state index is -0.678. The zero-order chi connectivity index (χ0) is 12.5. The molecule has 1 heterocycles. The van der Waals surface area contributed by atoms with Crippen LogP contribution in [0.4, 0.5) is 0 Å². The molecule has 1 N–H and O–H groups in total. The van der Waals surface area contributed by atoms with E-state index < -0.39 is 5.60 Å². The topological polar surface area (TPSA) is 20.2 Å². The smallest absolute Gasteiger partial charge is 0.104 e. The number of hydrogen-bond donors (Lipinski definition) is 1. The summed E-state index contributed by atoms with van der Waals surface area (Å²) in [5.74, 6) is 1.97. The van der Waals surface area contributed by atoms with Crippen molar-refractivity contribution in [2.45, 2.75) is 39.2 Å². The lowest BCUT2D eigenvalue weighted by atomic mass is 9.70. The van der Waals surface area contributed by atoms with Crippen LogP contribution >= 0.6 is 11.8 Å². The Kier molecular flexibility index (Phi) is 3.55. The van der Waals surface area contributed by atoms with E-state index in [-0.39, 0.29) is 5.41 Å². The van der Waals surface area contributed by atoms with Gasteiger partial charge in [0.2, 0.25) is 0 Å². The van der Waals surface area contributed by atoms with Gasteiger partial charge < -0.3 is 5.11 Å². The van der Waals surface area contributed by atoms with E-state index in [1.165, 1.54) is 5.56 Å². The van der Waals surface area contributed by atoms with E-state index in [1.807, 2.05) is 11.8 Å². The summed E-state index contributed by atoms with van der Waals surface area (Å²) in [6.45, 7) is 6.52. The van der Waals surface area contributed by atoms with Gasteiger partial charge in [-0.05, 0) is 35.1 Å². The van der Waals surface area contributed by atoms with Crippen molar-refractivity contribution in [3.63, 3.8) is 0 Å². The second-order valence-electron chi connectivity index (χ2n) is 5.60. The molecule has 0 aliphatic carbocycles. The highest BCUT2D eigenvalue weighted by molar-refractivity contribution is 7.99. The summed E-state index contributed by atoms with van der Waals surface area (Å²) in [4.78, 5) is 0. The number of aliphatic hydroxyl groups is 1. The lowest BCUT2D eigenvalue weighted by Gasteiger charge is -2.46. The third kappa shape index (κ3) is 2.25. The van der Waals surface area contributed by atoms with Crippen LogP contribution in [0.25, 0.3) is 0 Å². The Morgan fingerprint density at radius 1 is 1.24 bits per heavy atom. The summed E-state index contributed by atoms with van der Waals surface area (Å²) in [6.07, 6.45) is 2.13. The van der Waals surface area contributed by atoms with Crippen molar-refractivity contribution in [2.24, 2.45) is 5.41 Å². The molecule has 1 aliphatic heterocycles. The van der Waals surface area contributed by atoms with Crippen LogP contribution in [0.15, 0.2) is 24.3 Å². The molecule has 0 radical (unpaired) electrons. The van der Waals surface area contributed by atoms with E-state index in [0.717, 1.165) is 29.9 Å². The van der Waals surface area contributed by atoms with E-state index in [1.54, 1.807) is 0 Å². The fraction of sp³-hybridized carbons (Fsp3) is 0.600. The summed E-state index contributed by atoms with van der Waals surface area (Å²) in [5, 5.41) is 11.0. The molecule has 0 bridgehead atoms. The van der Waals surface area contributed by atoms with Gasteiger partial charge in [-0.2, -0.15) is 11.8 Å². The normalized spacial score (nSPS) is 28.0. The van der Waals surface area contributed by atoms with Crippen molar-refractivity contribution < 1.29 is 5.11 Å². The van der Waals surface area contributed by atoms with Crippen molar-refractivity contribution >= 4 is 11.8 Å². The predicted octanol–water partition coefficient (Wildman–Crippen LogP) is 3.60. The van der Waals surface area contributed by atoms with Crippen molar-refractivity contribution in [2.75, 3.05) is 11.5 Å². The fourth-order valence-corrected chi connectivity index (χ4v) is 4.09. The monoisotopic (exact) mass is 250 g/mol. The highest BCUT2D eigenvalue weighted by atomic mass is 32.2. The van der Waals surface area contributed by atoms with Gasteiger partial charge in [0.1, 0.15) is 5.60 Å². The first kappa shape index (κ1) is 13.0. The molecule has 0 amide bonds. The standard InChI is InChI=1S/C15H22OS/c1-4-12-5-7-13(8-6-12)15(16)11-17-10-9-14(15,2)3/h5-8,16H,4,9-11H2,1-3H3. The van der Waals surface area contributed by atoms with E-state index in [0.29, 0.717) is 0 Å². The summed E-state index contributed by atoms with van der Waals surface area (Å²) in [5.41, 5.74) is 1.69. The average Bonchev–Trinajstić information content (AvgIpc) is 2.33. The van der Waals surface area contributed by atoms with Gasteiger partial charge in [0, 0.05) is 5.75 Å². The van der Waals surface area contributed by atoms with Crippen LogP contribution in [0.2, 0.25) is 0 Å². The Balaban J connectivity index is 2.35. The Morgan fingerprint density at radius 3 is 2.41 bits per heavy atom. The number of rotatable bonds is 2. The van der Waals surface area contributed by atoms with Crippen LogP contribution < -0.4 is 0 Å². The van der Waals surface area contributed by atoms with Crippen LogP contribution in [0.3, 0.4) is 0 Å². The molecule has 0 saturated carbocycles. The quantitative estimate of drug-likeness (QED) is 0.865. The van der Waals surface area contributed by atoms with Crippen LogP contribution in [-0.2, 0) is 12.0 Å². The second-order valence-corrected chi connectivity index (χ2v) is 6.70. The maximum Gasteiger partial charge on any atom is 0.104 e. The third-order valence-corrected chi connectivity index (χ3v) is 5.26. The number of thioether (sulfide) groups is 1. The highest BCUT2D eigenvalue weighted by Gasteiger charge is 2.46. The lowest BCUT2D eigenvalue weighted by molar-refractivity contribution is -0.0578. The van der Waals surface area contributed by atoms with E-state index in [9.17, 15) is 5.11 Å². The zero-order valence-electron chi connectivity index (χ0n) is 11.0. The molecule has 1 saturated heterocycles. The van der Waals surface area contributed by atoms with Crippen LogP contribution in [0.1, 0.15) is 38.3 Å². The molecular weight excluding hydrogens is 228 g/mol. The van der Waals surface area contributed by atoms with E-state index >= 15 is 0 Å². The molecule has 17 heavy (non-hydrogen) atoms. The van der Waals surface area contributed by atoms with Gasteiger partial charge in [-0.15, -0.1) is 0 Å². The number of aryl methyl sites for hydroxylation is 1. The highest BCUT2D eigenvalue weighted by Crippen LogP contribution is 2.48. The molecule has 1 nitrogen and oxygen atoms in total. The van der Waals surface area contributed by atoms with Crippen LogP contribution in [0.5, 0.6) is 0 Å². The molecule has 2 rings (SSSR count). The first-order valence-electron chi connectivity index (χ1n) is 6.39. The second kappa shape index (κ2) is 4.66. The minimum Gasteiger partial charge on any atom is -0.384 e. The Labute approximate surface area is 109 Å². The van der Waals surface area contributed by atoms with Gasteiger partial charge >= 0.3 is 0 Å².